The molecule has 0 spiro atoms. The average molecular weight is 459 g/mol. The molecule has 4 N–H and O–H groups in total. The third kappa shape index (κ3) is 6.93. The minimum atomic E-state index is -0.308. The van der Waals surface area contributed by atoms with E-state index in [1.807, 2.05) is 39.0 Å². The van der Waals surface area contributed by atoms with Gasteiger partial charge in [-0.3, -0.25) is 14.4 Å². The van der Waals surface area contributed by atoms with Gasteiger partial charge in [-0.1, -0.05) is 44.2 Å². The Labute approximate surface area is 200 Å². The van der Waals surface area contributed by atoms with Crippen molar-refractivity contribution < 1.29 is 14.4 Å². The largest absolute Gasteiger partial charge is 0.376 e. The monoisotopic (exact) mass is 458 g/mol. The van der Waals surface area contributed by atoms with Crippen molar-refractivity contribution in [1.29, 1.82) is 0 Å². The highest BCUT2D eigenvalue weighted by molar-refractivity contribution is 6.10. The Morgan fingerprint density at radius 3 is 2.21 bits per heavy atom. The van der Waals surface area contributed by atoms with E-state index in [1.54, 1.807) is 54.6 Å². The second-order valence-corrected chi connectivity index (χ2v) is 8.40. The number of rotatable bonds is 9. The van der Waals surface area contributed by atoms with Gasteiger partial charge < -0.3 is 21.3 Å². The van der Waals surface area contributed by atoms with Crippen LogP contribution in [0.3, 0.4) is 0 Å². The molecule has 3 rings (SSSR count). The molecule has 3 aromatic rings. The summed E-state index contributed by atoms with van der Waals surface area (Å²) in [6.45, 7) is 6.58. The fraction of sp³-hybridized carbons (Fsp3) is 0.222. The van der Waals surface area contributed by atoms with Crippen LogP contribution in [0.4, 0.5) is 17.1 Å². The number of hydrogen-bond acceptors (Lipinski definition) is 4. The molecule has 0 heterocycles. The molecule has 3 aromatic carbocycles. The fourth-order valence-electron chi connectivity index (χ4n) is 3.28. The Kier molecular flexibility index (Phi) is 8.40. The number of anilines is 3. The molecule has 0 bridgehead atoms. The quantitative estimate of drug-likeness (QED) is 0.374. The number of nitrogens with one attached hydrogen (secondary N) is 4. The summed E-state index contributed by atoms with van der Waals surface area (Å²) in [4.78, 5) is 37.5. The number of carbonyl (C=O) groups is 3. The molecule has 0 unspecified atom stereocenters. The van der Waals surface area contributed by atoms with E-state index in [4.69, 9.17) is 0 Å². The van der Waals surface area contributed by atoms with Crippen molar-refractivity contribution in [2.45, 2.75) is 20.8 Å². The molecule has 0 aliphatic rings. The molecule has 34 heavy (non-hydrogen) atoms. The highest BCUT2D eigenvalue weighted by Crippen LogP contribution is 2.19. The molecule has 0 fully saturated rings. The van der Waals surface area contributed by atoms with Gasteiger partial charge in [-0.25, -0.2) is 0 Å². The SMILES string of the molecule is Cc1cc(C(=O)NCC(C)C)ccc1NCC(=O)Nc1ccccc1C(=O)Nc1ccccc1. The number of para-hydroxylation sites is 2. The van der Waals surface area contributed by atoms with Crippen molar-refractivity contribution >= 4 is 34.8 Å². The number of amides is 3. The zero-order valence-electron chi connectivity index (χ0n) is 19.6. The summed E-state index contributed by atoms with van der Waals surface area (Å²) >= 11 is 0. The highest BCUT2D eigenvalue weighted by atomic mass is 16.2. The van der Waals surface area contributed by atoms with Crippen LogP contribution in [0.5, 0.6) is 0 Å². The van der Waals surface area contributed by atoms with E-state index in [9.17, 15) is 14.4 Å². The highest BCUT2D eigenvalue weighted by Gasteiger charge is 2.14. The van der Waals surface area contributed by atoms with Crippen LogP contribution < -0.4 is 21.3 Å². The first-order valence-corrected chi connectivity index (χ1v) is 11.2. The predicted molar refractivity (Wildman–Crippen MR) is 136 cm³/mol. The molecular formula is C27H30N4O3. The van der Waals surface area contributed by atoms with Crippen molar-refractivity contribution in [3.63, 3.8) is 0 Å². The number of carbonyl (C=O) groups excluding carboxylic acids is 3. The normalized spacial score (nSPS) is 10.5. The van der Waals surface area contributed by atoms with Gasteiger partial charge in [0.05, 0.1) is 17.8 Å². The summed E-state index contributed by atoms with van der Waals surface area (Å²) < 4.78 is 0. The lowest BCUT2D eigenvalue weighted by molar-refractivity contribution is -0.114. The van der Waals surface area contributed by atoms with E-state index in [0.29, 0.717) is 35.0 Å². The molecule has 0 aliphatic heterocycles. The summed E-state index contributed by atoms with van der Waals surface area (Å²) in [6, 6.07) is 21.3. The second kappa shape index (κ2) is 11.7. The smallest absolute Gasteiger partial charge is 0.257 e. The molecule has 0 radical (unpaired) electrons. The van der Waals surface area contributed by atoms with E-state index in [0.717, 1.165) is 11.3 Å². The maximum absolute atomic E-state index is 12.7. The van der Waals surface area contributed by atoms with Crippen LogP contribution >= 0.6 is 0 Å². The molecule has 0 atom stereocenters. The molecule has 0 aliphatic carbocycles. The summed E-state index contributed by atoms with van der Waals surface area (Å²) in [5, 5.41) is 11.6. The maximum atomic E-state index is 12.7. The molecular weight excluding hydrogens is 428 g/mol. The summed E-state index contributed by atoms with van der Waals surface area (Å²) in [6.07, 6.45) is 0. The van der Waals surface area contributed by atoms with Crippen LogP contribution in [0.15, 0.2) is 72.8 Å². The van der Waals surface area contributed by atoms with Crippen molar-refractivity contribution in [3.05, 3.63) is 89.5 Å². The van der Waals surface area contributed by atoms with Crippen molar-refractivity contribution in [2.24, 2.45) is 5.92 Å². The zero-order valence-corrected chi connectivity index (χ0v) is 19.6. The lowest BCUT2D eigenvalue weighted by atomic mass is 10.1. The fourth-order valence-corrected chi connectivity index (χ4v) is 3.28. The Bertz CT molecular complexity index is 1160. The lowest BCUT2D eigenvalue weighted by Crippen LogP contribution is -2.27. The minimum Gasteiger partial charge on any atom is -0.376 e. The first-order valence-electron chi connectivity index (χ1n) is 11.2. The van der Waals surface area contributed by atoms with E-state index < -0.39 is 0 Å². The van der Waals surface area contributed by atoms with Crippen LogP contribution in [0.2, 0.25) is 0 Å². The van der Waals surface area contributed by atoms with Crippen LogP contribution in [-0.2, 0) is 4.79 Å². The Balaban J connectivity index is 1.59. The molecule has 7 nitrogen and oxygen atoms in total. The van der Waals surface area contributed by atoms with Crippen LogP contribution in [0.1, 0.15) is 40.1 Å². The molecule has 176 valence electrons. The standard InChI is InChI=1S/C27H30N4O3/c1-18(2)16-29-26(33)20-13-14-23(19(3)15-20)28-17-25(32)31-24-12-8-7-11-22(24)27(34)30-21-9-5-4-6-10-21/h4-15,18,28H,16-17H2,1-3H3,(H,29,33)(H,30,34)(H,31,32). The van der Waals surface area contributed by atoms with Gasteiger partial charge in [0.15, 0.2) is 0 Å². The minimum absolute atomic E-state index is 0.00830. The second-order valence-electron chi connectivity index (χ2n) is 8.40. The van der Waals surface area contributed by atoms with Crippen LogP contribution in [0.25, 0.3) is 0 Å². The predicted octanol–water partition coefficient (Wildman–Crippen LogP) is 4.68. The average Bonchev–Trinajstić information content (AvgIpc) is 2.82. The molecule has 0 aromatic heterocycles. The van der Waals surface area contributed by atoms with Crippen LogP contribution in [-0.4, -0.2) is 30.8 Å². The van der Waals surface area contributed by atoms with E-state index in [1.165, 1.54) is 0 Å². The van der Waals surface area contributed by atoms with Gasteiger partial charge in [-0.2, -0.15) is 0 Å². The Morgan fingerprint density at radius 2 is 1.50 bits per heavy atom. The summed E-state index contributed by atoms with van der Waals surface area (Å²) in [5.41, 5.74) is 3.65. The number of hydrogen-bond donors (Lipinski definition) is 4. The number of benzene rings is 3. The van der Waals surface area contributed by atoms with E-state index in [2.05, 4.69) is 21.3 Å². The molecule has 7 heteroatoms. The van der Waals surface area contributed by atoms with E-state index in [-0.39, 0.29) is 24.3 Å². The third-order valence-electron chi connectivity index (χ3n) is 5.08. The van der Waals surface area contributed by atoms with Gasteiger partial charge in [-0.15, -0.1) is 0 Å². The van der Waals surface area contributed by atoms with Crippen molar-refractivity contribution in [3.8, 4) is 0 Å². The summed E-state index contributed by atoms with van der Waals surface area (Å²) in [5.74, 6) is -0.346. The van der Waals surface area contributed by atoms with Gasteiger partial charge in [0.1, 0.15) is 0 Å². The van der Waals surface area contributed by atoms with Gasteiger partial charge in [0.2, 0.25) is 5.91 Å². The van der Waals surface area contributed by atoms with Crippen LogP contribution in [0, 0.1) is 12.8 Å². The zero-order chi connectivity index (χ0) is 24.5. The molecule has 0 saturated heterocycles. The molecule has 3 amide bonds. The van der Waals surface area contributed by atoms with E-state index >= 15 is 0 Å². The topological polar surface area (TPSA) is 99.3 Å². The molecule has 0 saturated carbocycles. The summed E-state index contributed by atoms with van der Waals surface area (Å²) in [7, 11) is 0. The van der Waals surface area contributed by atoms with Gasteiger partial charge >= 0.3 is 0 Å². The van der Waals surface area contributed by atoms with Gasteiger partial charge in [0, 0.05) is 23.5 Å². The first kappa shape index (κ1) is 24.5. The van der Waals surface area contributed by atoms with Crippen molar-refractivity contribution in [1.82, 2.24) is 5.32 Å². The Morgan fingerprint density at radius 1 is 0.794 bits per heavy atom. The third-order valence-corrected chi connectivity index (χ3v) is 5.08. The lowest BCUT2D eigenvalue weighted by Gasteiger charge is -2.14. The van der Waals surface area contributed by atoms with Gasteiger partial charge in [-0.05, 0) is 60.9 Å². The van der Waals surface area contributed by atoms with Gasteiger partial charge in [0.25, 0.3) is 11.8 Å². The maximum Gasteiger partial charge on any atom is 0.257 e. The first-order chi connectivity index (χ1) is 16.3. The van der Waals surface area contributed by atoms with Crippen molar-refractivity contribution in [2.75, 3.05) is 29.0 Å². The Hall–Kier alpha value is -4.13. The number of aryl methyl sites for hydroxylation is 1.